The molecule has 0 fully saturated rings. The number of halogens is 1. The number of rotatable bonds is 4. The summed E-state index contributed by atoms with van der Waals surface area (Å²) in [6, 6.07) is 15.8. The Morgan fingerprint density at radius 2 is 2.04 bits per heavy atom. The molecule has 0 atom stereocenters. The lowest BCUT2D eigenvalue weighted by Gasteiger charge is -2.06. The second-order valence-corrected chi connectivity index (χ2v) is 6.44. The Morgan fingerprint density at radius 1 is 1.17 bits per heavy atom. The molecule has 0 aliphatic heterocycles. The van der Waals surface area contributed by atoms with Crippen LogP contribution >= 0.6 is 15.9 Å². The maximum atomic E-state index is 12.2. The van der Waals surface area contributed by atoms with E-state index in [4.69, 9.17) is 0 Å². The van der Waals surface area contributed by atoms with Crippen LogP contribution in [0.3, 0.4) is 0 Å². The summed E-state index contributed by atoms with van der Waals surface area (Å²) in [7, 11) is 0. The number of fused-ring (bicyclic) bond motifs is 2. The number of imidazole rings is 1. The van der Waals surface area contributed by atoms with Crippen molar-refractivity contribution in [2.24, 2.45) is 0 Å². The van der Waals surface area contributed by atoms with Gasteiger partial charge in [-0.3, -0.25) is 10.1 Å². The van der Waals surface area contributed by atoms with Crippen LogP contribution in [0, 0.1) is 0 Å². The molecule has 0 aliphatic carbocycles. The molecule has 2 N–H and O–H groups in total. The van der Waals surface area contributed by atoms with Gasteiger partial charge in [-0.15, -0.1) is 0 Å². The zero-order valence-corrected chi connectivity index (χ0v) is 14.4. The average molecular weight is 383 g/mol. The van der Waals surface area contributed by atoms with Gasteiger partial charge >= 0.3 is 0 Å². The van der Waals surface area contributed by atoms with Crippen molar-refractivity contribution < 1.29 is 4.79 Å². The van der Waals surface area contributed by atoms with Gasteiger partial charge in [0.15, 0.2) is 0 Å². The first-order valence-electron chi connectivity index (χ1n) is 7.69. The lowest BCUT2D eigenvalue weighted by Crippen LogP contribution is -2.15. The first kappa shape index (κ1) is 15.0. The molecule has 0 spiro atoms. The highest BCUT2D eigenvalue weighted by molar-refractivity contribution is 9.10. The van der Waals surface area contributed by atoms with Gasteiger partial charge in [0.25, 0.3) is 0 Å². The van der Waals surface area contributed by atoms with Crippen LogP contribution in [0.15, 0.2) is 59.2 Å². The number of para-hydroxylation sites is 2. The van der Waals surface area contributed by atoms with Gasteiger partial charge in [-0.25, -0.2) is 4.98 Å². The van der Waals surface area contributed by atoms with Crippen molar-refractivity contribution in [3.05, 3.63) is 59.2 Å². The molecule has 4 aromatic rings. The molecule has 2 aromatic carbocycles. The molecular formula is C18H15BrN4O. The Labute approximate surface area is 146 Å². The van der Waals surface area contributed by atoms with E-state index >= 15 is 0 Å². The summed E-state index contributed by atoms with van der Waals surface area (Å²) in [4.78, 5) is 19.7. The number of nitrogens with zero attached hydrogens (tertiary/aromatic N) is 2. The van der Waals surface area contributed by atoms with Crippen molar-refractivity contribution in [1.82, 2.24) is 14.5 Å². The predicted octanol–water partition coefficient (Wildman–Crippen LogP) is 4.31. The van der Waals surface area contributed by atoms with Crippen LogP contribution < -0.4 is 5.32 Å². The number of anilines is 1. The number of hydrogen-bond donors (Lipinski definition) is 2. The third kappa shape index (κ3) is 2.80. The summed E-state index contributed by atoms with van der Waals surface area (Å²) < 4.78 is 3.14. The molecule has 0 saturated heterocycles. The Hall–Kier alpha value is -2.60. The molecule has 0 unspecified atom stereocenters. The van der Waals surface area contributed by atoms with Crippen LogP contribution in [0.4, 0.5) is 5.95 Å². The third-order valence-electron chi connectivity index (χ3n) is 3.99. The lowest BCUT2D eigenvalue weighted by molar-refractivity contribution is -0.116. The highest BCUT2D eigenvalue weighted by Crippen LogP contribution is 2.24. The quantitative estimate of drug-likeness (QED) is 0.552. The Balaban J connectivity index is 1.45. The molecule has 0 bridgehead atoms. The molecule has 5 nitrogen and oxygen atoms in total. The number of aryl methyl sites for hydroxylation is 1. The fourth-order valence-electron chi connectivity index (χ4n) is 2.81. The van der Waals surface area contributed by atoms with Crippen LogP contribution in [-0.2, 0) is 11.3 Å². The van der Waals surface area contributed by atoms with E-state index in [9.17, 15) is 4.79 Å². The van der Waals surface area contributed by atoms with Gasteiger partial charge in [-0.2, -0.15) is 0 Å². The second kappa shape index (κ2) is 6.13. The molecule has 0 saturated carbocycles. The van der Waals surface area contributed by atoms with E-state index in [1.165, 1.54) is 0 Å². The summed E-state index contributed by atoms with van der Waals surface area (Å²) in [6.45, 7) is 0.617. The predicted molar refractivity (Wildman–Crippen MR) is 99.0 cm³/mol. The highest BCUT2D eigenvalue weighted by atomic mass is 79.9. The largest absolute Gasteiger partial charge is 0.347 e. The zero-order chi connectivity index (χ0) is 16.5. The van der Waals surface area contributed by atoms with Crippen LogP contribution in [0.25, 0.3) is 21.9 Å². The van der Waals surface area contributed by atoms with Gasteiger partial charge in [0, 0.05) is 34.5 Å². The van der Waals surface area contributed by atoms with Gasteiger partial charge in [0.1, 0.15) is 0 Å². The summed E-state index contributed by atoms with van der Waals surface area (Å²) >= 11 is 3.55. The fraction of sp³-hybridized carbons (Fsp3) is 0.111. The van der Waals surface area contributed by atoms with Gasteiger partial charge in [-0.05, 0) is 30.3 Å². The van der Waals surface area contributed by atoms with Gasteiger partial charge in [0.05, 0.1) is 11.0 Å². The molecule has 24 heavy (non-hydrogen) atoms. The number of aromatic amines is 1. The van der Waals surface area contributed by atoms with E-state index in [-0.39, 0.29) is 5.91 Å². The van der Waals surface area contributed by atoms with E-state index in [0.29, 0.717) is 18.9 Å². The second-order valence-electron chi connectivity index (χ2n) is 5.58. The molecule has 2 aromatic heterocycles. The molecule has 4 rings (SSSR count). The molecule has 0 radical (unpaired) electrons. The monoisotopic (exact) mass is 382 g/mol. The van der Waals surface area contributed by atoms with Gasteiger partial charge in [-0.1, -0.05) is 34.1 Å². The average Bonchev–Trinajstić information content (AvgIpc) is 3.17. The van der Waals surface area contributed by atoms with Crippen molar-refractivity contribution in [3.63, 3.8) is 0 Å². The van der Waals surface area contributed by atoms with E-state index in [1.807, 2.05) is 42.6 Å². The molecule has 6 heteroatoms. The van der Waals surface area contributed by atoms with Crippen molar-refractivity contribution in [1.29, 1.82) is 0 Å². The molecule has 2 heterocycles. The summed E-state index contributed by atoms with van der Waals surface area (Å²) in [5.41, 5.74) is 2.86. The van der Waals surface area contributed by atoms with Crippen molar-refractivity contribution in [3.8, 4) is 0 Å². The maximum Gasteiger partial charge on any atom is 0.228 e. The van der Waals surface area contributed by atoms with Crippen molar-refractivity contribution in [2.45, 2.75) is 13.0 Å². The normalized spacial score (nSPS) is 11.2. The standard InChI is InChI=1S/C18H15BrN4O/c19-13-4-3-7-16-12(13)8-10-23(16)11-9-17(24)22-18-20-14-5-1-2-6-15(14)21-18/h1-8,10H,9,11H2,(H2,20,21,22,24). The number of benzene rings is 2. The number of amides is 1. The van der Waals surface area contributed by atoms with Crippen LogP contribution in [0.2, 0.25) is 0 Å². The summed E-state index contributed by atoms with van der Waals surface area (Å²) in [6.07, 6.45) is 2.39. The first-order chi connectivity index (χ1) is 11.7. The Morgan fingerprint density at radius 3 is 2.92 bits per heavy atom. The minimum absolute atomic E-state index is 0.0640. The van der Waals surface area contributed by atoms with Crippen LogP contribution in [0.5, 0.6) is 0 Å². The Bertz CT molecular complexity index is 1000. The number of H-pyrrole nitrogens is 1. The van der Waals surface area contributed by atoms with E-state index in [0.717, 1.165) is 26.4 Å². The highest BCUT2D eigenvalue weighted by Gasteiger charge is 2.09. The summed E-state index contributed by atoms with van der Waals surface area (Å²) in [5.74, 6) is 0.423. The van der Waals surface area contributed by atoms with Crippen LogP contribution in [-0.4, -0.2) is 20.4 Å². The smallest absolute Gasteiger partial charge is 0.228 e. The maximum absolute atomic E-state index is 12.2. The zero-order valence-electron chi connectivity index (χ0n) is 12.8. The number of carbonyl (C=O) groups is 1. The molecule has 0 aliphatic rings. The topological polar surface area (TPSA) is 62.7 Å². The van der Waals surface area contributed by atoms with E-state index < -0.39 is 0 Å². The van der Waals surface area contributed by atoms with E-state index in [1.54, 1.807) is 0 Å². The first-order valence-corrected chi connectivity index (χ1v) is 8.48. The number of nitrogens with one attached hydrogen (secondary N) is 2. The minimum atomic E-state index is -0.0640. The number of aromatic nitrogens is 3. The van der Waals surface area contributed by atoms with Crippen molar-refractivity contribution in [2.75, 3.05) is 5.32 Å². The SMILES string of the molecule is O=C(CCn1ccc2c(Br)cccc21)Nc1nc2ccccc2[nH]1. The minimum Gasteiger partial charge on any atom is -0.347 e. The van der Waals surface area contributed by atoms with E-state index in [2.05, 4.69) is 47.9 Å². The van der Waals surface area contributed by atoms with Crippen molar-refractivity contribution >= 4 is 49.7 Å². The fourth-order valence-corrected chi connectivity index (χ4v) is 3.30. The van der Waals surface area contributed by atoms with Crippen LogP contribution in [0.1, 0.15) is 6.42 Å². The Kier molecular flexibility index (Phi) is 3.82. The third-order valence-corrected chi connectivity index (χ3v) is 4.68. The van der Waals surface area contributed by atoms with Gasteiger partial charge < -0.3 is 9.55 Å². The molecule has 120 valence electrons. The molecular weight excluding hydrogens is 368 g/mol. The van der Waals surface area contributed by atoms with Gasteiger partial charge in [0.2, 0.25) is 11.9 Å². The number of carbonyl (C=O) groups excluding carboxylic acids is 1. The number of hydrogen-bond acceptors (Lipinski definition) is 2. The lowest BCUT2D eigenvalue weighted by atomic mass is 10.2. The summed E-state index contributed by atoms with van der Waals surface area (Å²) in [5, 5.41) is 3.97. The molecule has 1 amide bonds.